The average Bonchev–Trinajstić information content (AvgIpc) is 3.11. The van der Waals surface area contributed by atoms with Crippen LogP contribution in [0.5, 0.6) is 0 Å². The van der Waals surface area contributed by atoms with Crippen LogP contribution in [0.3, 0.4) is 0 Å². The molecule has 302 valence electrons. The lowest BCUT2D eigenvalue weighted by Crippen LogP contribution is -2.56. The van der Waals surface area contributed by atoms with Crippen LogP contribution in [0.4, 0.5) is 0 Å². The third-order valence-corrected chi connectivity index (χ3v) is 14.1. The van der Waals surface area contributed by atoms with E-state index in [9.17, 15) is 14.4 Å². The Morgan fingerprint density at radius 1 is 0.346 bits per heavy atom. The summed E-state index contributed by atoms with van der Waals surface area (Å²) in [6.45, 7) is 6.71. The normalized spacial score (nSPS) is 24.9. The van der Waals surface area contributed by atoms with Crippen molar-refractivity contribution in [2.45, 2.75) is 271 Å². The lowest BCUT2D eigenvalue weighted by atomic mass is 9.37. The number of hydrogen-bond acceptors (Lipinski definition) is 3. The van der Waals surface area contributed by atoms with Crippen LogP contribution in [0.2, 0.25) is 0 Å². The maximum Gasteiger partial charge on any atom is 0.132 e. The first-order valence-corrected chi connectivity index (χ1v) is 23.8. The fourth-order valence-electron chi connectivity index (χ4n) is 12.0. The van der Waals surface area contributed by atoms with Gasteiger partial charge < -0.3 is 0 Å². The molecule has 4 fully saturated rings. The van der Waals surface area contributed by atoms with Gasteiger partial charge in [0.15, 0.2) is 0 Å². The van der Waals surface area contributed by atoms with E-state index in [-0.39, 0.29) is 0 Å². The number of carbonyl (C=O) groups is 3. The van der Waals surface area contributed by atoms with Crippen LogP contribution in [-0.2, 0) is 14.4 Å². The molecule has 0 amide bonds. The number of unbranched alkanes of at least 4 members (excludes halogenated alkanes) is 18. The summed E-state index contributed by atoms with van der Waals surface area (Å²) in [6.07, 6.45) is 47.6. The van der Waals surface area contributed by atoms with Crippen molar-refractivity contribution in [1.29, 1.82) is 0 Å². The van der Waals surface area contributed by atoms with E-state index in [1.54, 1.807) is 0 Å². The van der Waals surface area contributed by atoms with Gasteiger partial charge in [0.1, 0.15) is 17.3 Å². The van der Waals surface area contributed by atoms with Crippen molar-refractivity contribution in [1.82, 2.24) is 0 Å². The molecule has 3 nitrogen and oxygen atoms in total. The van der Waals surface area contributed by atoms with Crippen LogP contribution in [-0.4, -0.2) is 17.3 Å². The quantitative estimate of drug-likeness (QED) is 0.0605. The molecule has 0 aromatic heterocycles. The van der Waals surface area contributed by atoms with Gasteiger partial charge in [0, 0.05) is 38.5 Å². The second kappa shape index (κ2) is 26.0. The van der Waals surface area contributed by atoms with E-state index in [4.69, 9.17) is 0 Å². The highest BCUT2D eigenvalue weighted by Gasteiger charge is 2.61. The number of hydrogen-bond donors (Lipinski definition) is 0. The molecule has 3 heteroatoms. The van der Waals surface area contributed by atoms with Gasteiger partial charge in [-0.3, -0.25) is 14.4 Å². The predicted molar refractivity (Wildman–Crippen MR) is 223 cm³/mol. The van der Waals surface area contributed by atoms with Gasteiger partial charge in [-0.15, -0.1) is 0 Å². The number of rotatable bonds is 36. The lowest BCUT2D eigenvalue weighted by Gasteiger charge is -2.68. The van der Waals surface area contributed by atoms with E-state index >= 15 is 0 Å². The maximum absolute atomic E-state index is 12.4. The van der Waals surface area contributed by atoms with E-state index < -0.39 is 0 Å². The van der Waals surface area contributed by atoms with E-state index in [1.165, 1.54) is 173 Å². The van der Waals surface area contributed by atoms with E-state index in [0.717, 1.165) is 83.0 Å². The standard InChI is InChI=1S/C49H88O3/c1-4-7-10-19-28-44(50)31-22-13-16-25-34-47-37-43-38-48(40-47,35-26-17-14-23-32-45(51)29-20-11-8-5-2)42-49(39-43,41-47)36-27-18-15-24-33-46(52)30-21-12-9-6-3/h43H,4-42H2,1-3H3. The fraction of sp³-hybridized carbons (Fsp3) is 0.939. The van der Waals surface area contributed by atoms with Gasteiger partial charge in [0.05, 0.1) is 0 Å². The summed E-state index contributed by atoms with van der Waals surface area (Å²) in [5, 5.41) is 0. The van der Waals surface area contributed by atoms with E-state index in [0.29, 0.717) is 33.6 Å². The molecule has 0 N–H and O–H groups in total. The number of Topliss-reactive ketones (excluding diaryl/α,β-unsaturated/α-hetero) is 3. The summed E-state index contributed by atoms with van der Waals surface area (Å²) >= 11 is 0. The van der Waals surface area contributed by atoms with Gasteiger partial charge in [-0.25, -0.2) is 0 Å². The van der Waals surface area contributed by atoms with Crippen molar-refractivity contribution in [3.8, 4) is 0 Å². The van der Waals surface area contributed by atoms with Crippen LogP contribution >= 0.6 is 0 Å². The summed E-state index contributed by atoms with van der Waals surface area (Å²) in [5.74, 6) is 2.45. The van der Waals surface area contributed by atoms with Gasteiger partial charge in [0.2, 0.25) is 0 Å². The SMILES string of the molecule is CCCCCCC(=O)CCCCCCC12CC3CC(CCCCCCC(=O)CCCCCC)(C1)CC(CCCCCCC(=O)CCCCCC)(C3)C2. The zero-order valence-corrected chi connectivity index (χ0v) is 35.4. The molecule has 4 saturated carbocycles. The Morgan fingerprint density at radius 2 is 0.577 bits per heavy atom. The zero-order chi connectivity index (χ0) is 37.4. The van der Waals surface area contributed by atoms with Crippen molar-refractivity contribution in [3.05, 3.63) is 0 Å². The van der Waals surface area contributed by atoms with Gasteiger partial charge in [-0.2, -0.15) is 0 Å². The Bertz CT molecular complexity index is 849. The zero-order valence-electron chi connectivity index (χ0n) is 35.4. The molecule has 0 saturated heterocycles. The van der Waals surface area contributed by atoms with Crippen molar-refractivity contribution in [2.75, 3.05) is 0 Å². The minimum absolute atomic E-state index is 0.504. The molecule has 4 bridgehead atoms. The minimum atomic E-state index is 0.504. The third-order valence-electron chi connectivity index (χ3n) is 14.1. The Hall–Kier alpha value is -0.990. The first-order valence-electron chi connectivity index (χ1n) is 23.8. The van der Waals surface area contributed by atoms with Crippen LogP contribution < -0.4 is 0 Å². The van der Waals surface area contributed by atoms with Crippen LogP contribution in [0.15, 0.2) is 0 Å². The molecular weight excluding hydrogens is 637 g/mol. The van der Waals surface area contributed by atoms with Crippen LogP contribution in [0.25, 0.3) is 0 Å². The highest BCUT2D eigenvalue weighted by Crippen LogP contribution is 2.73. The molecule has 0 spiro atoms. The first-order chi connectivity index (χ1) is 25.3. The molecular formula is C49H88O3. The summed E-state index contributed by atoms with van der Waals surface area (Å²) in [6, 6.07) is 0. The molecule has 4 aliphatic carbocycles. The van der Waals surface area contributed by atoms with Gasteiger partial charge >= 0.3 is 0 Å². The smallest absolute Gasteiger partial charge is 0.132 e. The molecule has 0 aromatic carbocycles. The third kappa shape index (κ3) is 17.6. The number of carbonyl (C=O) groups excluding carboxylic acids is 3. The predicted octanol–water partition coefficient (Wildman–Crippen LogP) is 15.6. The monoisotopic (exact) mass is 725 g/mol. The Labute approximate surface area is 324 Å². The fourth-order valence-corrected chi connectivity index (χ4v) is 12.0. The van der Waals surface area contributed by atoms with Gasteiger partial charge in [-0.05, 0) is 118 Å². The molecule has 52 heavy (non-hydrogen) atoms. The van der Waals surface area contributed by atoms with Crippen molar-refractivity contribution in [2.24, 2.45) is 22.2 Å². The van der Waals surface area contributed by atoms with Gasteiger partial charge in [-0.1, -0.05) is 136 Å². The van der Waals surface area contributed by atoms with E-state index in [2.05, 4.69) is 20.8 Å². The van der Waals surface area contributed by atoms with Crippen molar-refractivity contribution >= 4 is 17.3 Å². The second-order valence-corrected chi connectivity index (χ2v) is 19.3. The summed E-state index contributed by atoms with van der Waals surface area (Å²) in [4.78, 5) is 37.1. The van der Waals surface area contributed by atoms with Gasteiger partial charge in [0.25, 0.3) is 0 Å². The molecule has 0 radical (unpaired) electrons. The second-order valence-electron chi connectivity index (χ2n) is 19.3. The topological polar surface area (TPSA) is 51.2 Å². The van der Waals surface area contributed by atoms with Crippen LogP contribution in [0, 0.1) is 22.2 Å². The minimum Gasteiger partial charge on any atom is -0.300 e. The first kappa shape index (κ1) is 45.4. The molecule has 0 aromatic rings. The average molecular weight is 725 g/mol. The van der Waals surface area contributed by atoms with E-state index in [1.807, 2.05) is 0 Å². The van der Waals surface area contributed by atoms with Crippen molar-refractivity contribution < 1.29 is 14.4 Å². The molecule has 4 aliphatic rings. The number of ketones is 3. The highest BCUT2D eigenvalue weighted by molar-refractivity contribution is 5.78. The van der Waals surface area contributed by atoms with Crippen LogP contribution in [0.1, 0.15) is 271 Å². The Balaban J connectivity index is 1.45. The molecule has 0 unspecified atom stereocenters. The maximum atomic E-state index is 12.4. The lowest BCUT2D eigenvalue weighted by molar-refractivity contribution is -0.169. The summed E-state index contributed by atoms with van der Waals surface area (Å²) in [5.41, 5.74) is 1.72. The molecule has 0 heterocycles. The molecule has 0 aliphatic heterocycles. The van der Waals surface area contributed by atoms with Crippen molar-refractivity contribution in [3.63, 3.8) is 0 Å². The molecule has 4 rings (SSSR count). The Morgan fingerprint density at radius 3 is 0.827 bits per heavy atom. The molecule has 0 atom stereocenters. The summed E-state index contributed by atoms with van der Waals surface area (Å²) < 4.78 is 0. The summed E-state index contributed by atoms with van der Waals surface area (Å²) in [7, 11) is 0. The highest BCUT2D eigenvalue weighted by atomic mass is 16.1. The largest absolute Gasteiger partial charge is 0.300 e. The Kier molecular flexibility index (Phi) is 22.7.